The fourth-order valence-electron chi connectivity index (χ4n) is 1.13. The van der Waals surface area contributed by atoms with Gasteiger partial charge >= 0.3 is 5.97 Å². The van der Waals surface area contributed by atoms with Crippen molar-refractivity contribution in [2.45, 2.75) is 26.3 Å². The number of hydrogen-bond donors (Lipinski definition) is 1. The molecule has 0 bridgehead atoms. The van der Waals surface area contributed by atoms with Gasteiger partial charge in [-0.2, -0.15) is 5.10 Å². The Kier molecular flexibility index (Phi) is 3.48. The Morgan fingerprint density at radius 1 is 1.77 bits per heavy atom. The molecule has 4 nitrogen and oxygen atoms in total. The number of aliphatic carboxylic acids is 1. The normalized spacial score (nSPS) is 10.3. The summed E-state index contributed by atoms with van der Waals surface area (Å²) < 4.78 is 2.68. The maximum atomic E-state index is 10.4. The van der Waals surface area contributed by atoms with E-state index < -0.39 is 5.97 Å². The first-order valence-electron chi connectivity index (χ1n) is 4.07. The molecular formula is C8H11BrN2O2. The van der Waals surface area contributed by atoms with Crippen LogP contribution in [0.4, 0.5) is 0 Å². The minimum atomic E-state index is -0.782. The van der Waals surface area contributed by atoms with Gasteiger partial charge in [0, 0.05) is 13.0 Å². The summed E-state index contributed by atoms with van der Waals surface area (Å²) in [7, 11) is 0. The van der Waals surface area contributed by atoms with Gasteiger partial charge in [-0.15, -0.1) is 0 Å². The molecule has 0 saturated carbocycles. The van der Waals surface area contributed by atoms with Gasteiger partial charge in [-0.05, 0) is 22.9 Å². The Bertz CT molecular complexity index is 309. The highest BCUT2D eigenvalue weighted by molar-refractivity contribution is 9.10. The molecule has 1 heterocycles. The summed E-state index contributed by atoms with van der Waals surface area (Å²) in [4.78, 5) is 10.4. The van der Waals surface area contributed by atoms with E-state index >= 15 is 0 Å². The fraction of sp³-hybridized carbons (Fsp3) is 0.500. The van der Waals surface area contributed by atoms with Crippen LogP contribution < -0.4 is 0 Å². The number of rotatable bonds is 4. The molecule has 0 aromatic carbocycles. The Morgan fingerprint density at radius 3 is 3.00 bits per heavy atom. The summed E-state index contributed by atoms with van der Waals surface area (Å²) >= 11 is 3.33. The number of carboxylic acid groups (broad SMARTS) is 1. The van der Waals surface area contributed by atoms with Gasteiger partial charge in [0.05, 0.1) is 22.8 Å². The minimum absolute atomic E-state index is 0.143. The summed E-state index contributed by atoms with van der Waals surface area (Å²) in [6, 6.07) is 0. The van der Waals surface area contributed by atoms with Crippen LogP contribution in [-0.2, 0) is 17.8 Å². The lowest BCUT2D eigenvalue weighted by atomic mass is 10.2. The number of nitrogens with zero attached hydrogens (tertiary/aromatic N) is 2. The summed E-state index contributed by atoms with van der Waals surface area (Å²) in [5, 5.41) is 12.6. The van der Waals surface area contributed by atoms with Gasteiger partial charge in [-0.3, -0.25) is 9.48 Å². The number of carbonyl (C=O) groups is 1. The van der Waals surface area contributed by atoms with E-state index in [4.69, 9.17) is 5.11 Å². The molecule has 13 heavy (non-hydrogen) atoms. The van der Waals surface area contributed by atoms with Crippen molar-refractivity contribution in [3.8, 4) is 0 Å². The highest BCUT2D eigenvalue weighted by atomic mass is 79.9. The molecule has 0 unspecified atom stereocenters. The van der Waals surface area contributed by atoms with Crippen molar-refractivity contribution >= 4 is 21.9 Å². The van der Waals surface area contributed by atoms with Crippen molar-refractivity contribution in [2.75, 3.05) is 0 Å². The van der Waals surface area contributed by atoms with Gasteiger partial charge in [0.25, 0.3) is 0 Å². The first-order valence-corrected chi connectivity index (χ1v) is 4.86. The number of aryl methyl sites for hydroxylation is 1. The number of hydrogen-bond acceptors (Lipinski definition) is 2. The Hall–Kier alpha value is -0.840. The SMILES string of the molecule is CCn1ncc(Br)c1CCC(=O)O. The molecule has 0 fully saturated rings. The number of carboxylic acids is 1. The van der Waals surface area contributed by atoms with Crippen LogP contribution in [0.1, 0.15) is 19.0 Å². The van der Waals surface area contributed by atoms with Crippen LogP contribution in [0.2, 0.25) is 0 Å². The topological polar surface area (TPSA) is 55.1 Å². The molecule has 0 radical (unpaired) electrons. The Labute approximate surface area is 84.7 Å². The standard InChI is InChI=1S/C8H11BrN2O2/c1-2-11-7(3-4-8(12)13)6(9)5-10-11/h5H,2-4H2,1H3,(H,12,13). The third-order valence-corrected chi connectivity index (χ3v) is 2.44. The van der Waals surface area contributed by atoms with Crippen LogP contribution in [0.5, 0.6) is 0 Å². The second-order valence-corrected chi connectivity index (χ2v) is 3.50. The van der Waals surface area contributed by atoms with Crippen LogP contribution >= 0.6 is 15.9 Å². The quantitative estimate of drug-likeness (QED) is 0.880. The highest BCUT2D eigenvalue weighted by Crippen LogP contribution is 2.17. The zero-order chi connectivity index (χ0) is 9.84. The van der Waals surface area contributed by atoms with Crippen LogP contribution in [0, 0.1) is 0 Å². The third-order valence-electron chi connectivity index (χ3n) is 1.77. The smallest absolute Gasteiger partial charge is 0.303 e. The van der Waals surface area contributed by atoms with E-state index in [0.717, 1.165) is 16.7 Å². The molecule has 0 aliphatic carbocycles. The van der Waals surface area contributed by atoms with Crippen LogP contribution in [0.15, 0.2) is 10.7 Å². The summed E-state index contributed by atoms with van der Waals surface area (Å²) in [5.74, 6) is -0.782. The third kappa shape index (κ3) is 2.55. The van der Waals surface area contributed by atoms with Crippen LogP contribution in [0.25, 0.3) is 0 Å². The van der Waals surface area contributed by atoms with E-state index in [1.54, 1.807) is 10.9 Å². The van der Waals surface area contributed by atoms with E-state index in [2.05, 4.69) is 21.0 Å². The number of halogens is 1. The maximum Gasteiger partial charge on any atom is 0.303 e. The van der Waals surface area contributed by atoms with Gasteiger partial charge in [-0.25, -0.2) is 0 Å². The molecule has 1 aromatic heterocycles. The van der Waals surface area contributed by atoms with Gasteiger partial charge in [0.2, 0.25) is 0 Å². The molecule has 5 heteroatoms. The highest BCUT2D eigenvalue weighted by Gasteiger charge is 2.08. The lowest BCUT2D eigenvalue weighted by Gasteiger charge is -2.02. The zero-order valence-electron chi connectivity index (χ0n) is 7.33. The van der Waals surface area contributed by atoms with Crippen molar-refractivity contribution in [3.63, 3.8) is 0 Å². The fourth-order valence-corrected chi connectivity index (χ4v) is 1.63. The molecule has 1 aromatic rings. The average Bonchev–Trinajstić information content (AvgIpc) is 2.43. The first-order chi connectivity index (χ1) is 6.15. The van der Waals surface area contributed by atoms with Crippen molar-refractivity contribution in [1.29, 1.82) is 0 Å². The van der Waals surface area contributed by atoms with Gasteiger partial charge in [0.1, 0.15) is 0 Å². The van der Waals surface area contributed by atoms with Gasteiger partial charge < -0.3 is 5.11 Å². The lowest BCUT2D eigenvalue weighted by Crippen LogP contribution is -2.05. The summed E-state index contributed by atoms with van der Waals surface area (Å²) in [5.41, 5.74) is 0.949. The summed E-state index contributed by atoms with van der Waals surface area (Å²) in [6.45, 7) is 2.74. The molecule has 0 aliphatic rings. The monoisotopic (exact) mass is 246 g/mol. The molecule has 1 rings (SSSR count). The van der Waals surface area contributed by atoms with Crippen molar-refractivity contribution < 1.29 is 9.90 Å². The Morgan fingerprint density at radius 2 is 2.46 bits per heavy atom. The predicted octanol–water partition coefficient (Wildman–Crippen LogP) is 1.68. The van der Waals surface area contributed by atoms with Crippen LogP contribution in [0.3, 0.4) is 0 Å². The number of aromatic nitrogens is 2. The van der Waals surface area contributed by atoms with E-state index in [1.165, 1.54) is 0 Å². The molecular weight excluding hydrogens is 236 g/mol. The lowest BCUT2D eigenvalue weighted by molar-refractivity contribution is -0.136. The molecule has 0 saturated heterocycles. The molecule has 0 amide bonds. The van der Waals surface area contributed by atoms with Gasteiger partial charge in [0.15, 0.2) is 0 Å². The van der Waals surface area contributed by atoms with E-state index in [9.17, 15) is 4.79 Å². The minimum Gasteiger partial charge on any atom is -0.481 e. The molecule has 0 atom stereocenters. The second kappa shape index (κ2) is 4.41. The van der Waals surface area contributed by atoms with Crippen molar-refractivity contribution in [3.05, 3.63) is 16.4 Å². The van der Waals surface area contributed by atoms with E-state index in [0.29, 0.717) is 6.42 Å². The Balaban J connectivity index is 2.73. The van der Waals surface area contributed by atoms with Gasteiger partial charge in [-0.1, -0.05) is 0 Å². The molecule has 0 aliphatic heterocycles. The maximum absolute atomic E-state index is 10.4. The first kappa shape index (κ1) is 10.2. The molecule has 1 N–H and O–H groups in total. The largest absolute Gasteiger partial charge is 0.481 e. The average molecular weight is 247 g/mol. The second-order valence-electron chi connectivity index (χ2n) is 2.65. The predicted molar refractivity (Wildman–Crippen MR) is 51.6 cm³/mol. The van der Waals surface area contributed by atoms with E-state index in [-0.39, 0.29) is 6.42 Å². The van der Waals surface area contributed by atoms with Crippen molar-refractivity contribution in [2.24, 2.45) is 0 Å². The van der Waals surface area contributed by atoms with Crippen LogP contribution in [-0.4, -0.2) is 20.9 Å². The molecule has 72 valence electrons. The van der Waals surface area contributed by atoms with E-state index in [1.807, 2.05) is 6.92 Å². The summed E-state index contributed by atoms with van der Waals surface area (Å²) in [6.07, 6.45) is 2.36. The zero-order valence-corrected chi connectivity index (χ0v) is 8.91. The molecule has 0 spiro atoms. The van der Waals surface area contributed by atoms with Crippen molar-refractivity contribution in [1.82, 2.24) is 9.78 Å².